The van der Waals surface area contributed by atoms with Crippen LogP contribution in [0.15, 0.2) is 30.3 Å². The van der Waals surface area contributed by atoms with Gasteiger partial charge in [-0.1, -0.05) is 18.2 Å². The number of amides is 1. The molecule has 0 radical (unpaired) electrons. The van der Waals surface area contributed by atoms with E-state index in [4.69, 9.17) is 9.84 Å². The first-order valence-electron chi connectivity index (χ1n) is 4.95. The molecule has 1 aromatic carbocycles. The van der Waals surface area contributed by atoms with E-state index in [1.165, 1.54) is 0 Å². The number of aliphatic hydroxyl groups excluding tert-OH is 1. The summed E-state index contributed by atoms with van der Waals surface area (Å²) in [6, 6.07) is 8.94. The predicted molar refractivity (Wildman–Crippen MR) is 54.6 cm³/mol. The lowest BCUT2D eigenvalue weighted by molar-refractivity contribution is 0.0631. The Hall–Kier alpha value is -1.55. The van der Waals surface area contributed by atoms with Crippen LogP contribution < -0.4 is 10.1 Å². The summed E-state index contributed by atoms with van der Waals surface area (Å²) < 4.78 is 5.02. The molecule has 0 heterocycles. The first kappa shape index (κ1) is 9.98. The van der Waals surface area contributed by atoms with Crippen LogP contribution in [0.3, 0.4) is 0 Å². The molecular weight excluding hydrogens is 194 g/mol. The number of nitrogens with one attached hydrogen (secondary N) is 1. The zero-order valence-corrected chi connectivity index (χ0v) is 8.22. The third kappa shape index (κ3) is 2.70. The molecule has 4 nitrogen and oxygen atoms in total. The highest BCUT2D eigenvalue weighted by atomic mass is 16.6. The van der Waals surface area contributed by atoms with Crippen LogP contribution in [0.1, 0.15) is 12.8 Å². The van der Waals surface area contributed by atoms with Crippen molar-refractivity contribution in [2.24, 2.45) is 0 Å². The number of hydrogen-bond acceptors (Lipinski definition) is 3. The van der Waals surface area contributed by atoms with Crippen LogP contribution in [0.4, 0.5) is 4.79 Å². The monoisotopic (exact) mass is 207 g/mol. The number of rotatable bonds is 2. The lowest BCUT2D eigenvalue weighted by Crippen LogP contribution is -2.47. The number of carbonyl (C=O) groups is 1. The second-order valence-electron chi connectivity index (χ2n) is 3.67. The van der Waals surface area contributed by atoms with Gasteiger partial charge in [-0.15, -0.1) is 0 Å². The van der Waals surface area contributed by atoms with Crippen LogP contribution in [0.2, 0.25) is 0 Å². The van der Waals surface area contributed by atoms with Crippen molar-refractivity contribution >= 4 is 6.09 Å². The van der Waals surface area contributed by atoms with E-state index < -0.39 is 6.09 Å². The second kappa shape index (κ2) is 4.31. The lowest BCUT2D eigenvalue weighted by atomic mass is 9.90. The Labute approximate surface area is 87.9 Å². The zero-order valence-electron chi connectivity index (χ0n) is 8.22. The number of hydrogen-bond donors (Lipinski definition) is 2. The molecule has 1 aromatic rings. The van der Waals surface area contributed by atoms with Gasteiger partial charge in [-0.05, 0) is 25.0 Å². The SMILES string of the molecule is O=C(NC1CC(O)C1)Oc1ccccc1. The summed E-state index contributed by atoms with van der Waals surface area (Å²) in [5.41, 5.74) is 0. The van der Waals surface area contributed by atoms with Crippen molar-refractivity contribution in [3.63, 3.8) is 0 Å². The molecule has 0 aromatic heterocycles. The first-order valence-corrected chi connectivity index (χ1v) is 4.95. The van der Waals surface area contributed by atoms with Gasteiger partial charge in [0.05, 0.1) is 6.10 Å². The minimum atomic E-state index is -0.460. The van der Waals surface area contributed by atoms with Gasteiger partial charge in [-0.25, -0.2) is 4.79 Å². The quantitative estimate of drug-likeness (QED) is 0.768. The number of ether oxygens (including phenoxy) is 1. The molecule has 2 rings (SSSR count). The summed E-state index contributed by atoms with van der Waals surface area (Å²) in [7, 11) is 0. The van der Waals surface area contributed by atoms with Crippen molar-refractivity contribution in [3.05, 3.63) is 30.3 Å². The molecule has 15 heavy (non-hydrogen) atoms. The number of benzene rings is 1. The second-order valence-corrected chi connectivity index (χ2v) is 3.67. The normalized spacial score (nSPS) is 24.1. The molecular formula is C11H13NO3. The summed E-state index contributed by atoms with van der Waals surface area (Å²) in [6.45, 7) is 0. The molecule has 0 unspecified atom stereocenters. The molecule has 1 saturated carbocycles. The van der Waals surface area contributed by atoms with Gasteiger partial charge in [-0.2, -0.15) is 0 Å². The van der Waals surface area contributed by atoms with Gasteiger partial charge in [0, 0.05) is 6.04 Å². The van der Waals surface area contributed by atoms with Crippen molar-refractivity contribution in [1.29, 1.82) is 0 Å². The Morgan fingerprint density at radius 2 is 2.00 bits per heavy atom. The summed E-state index contributed by atoms with van der Waals surface area (Å²) in [4.78, 5) is 11.3. The number of aliphatic hydroxyl groups is 1. The maximum Gasteiger partial charge on any atom is 0.412 e. The first-order chi connectivity index (χ1) is 7.24. The maximum atomic E-state index is 11.3. The zero-order chi connectivity index (χ0) is 10.7. The van der Waals surface area contributed by atoms with E-state index in [9.17, 15) is 4.79 Å². The summed E-state index contributed by atoms with van der Waals surface area (Å²) >= 11 is 0. The molecule has 0 atom stereocenters. The van der Waals surface area contributed by atoms with Gasteiger partial charge < -0.3 is 15.2 Å². The molecule has 0 bridgehead atoms. The van der Waals surface area contributed by atoms with Crippen LogP contribution in [0.5, 0.6) is 5.75 Å². The van der Waals surface area contributed by atoms with Gasteiger partial charge in [0.25, 0.3) is 0 Å². The van der Waals surface area contributed by atoms with Crippen LogP contribution in [0, 0.1) is 0 Å². The molecule has 1 amide bonds. The molecule has 1 fully saturated rings. The van der Waals surface area contributed by atoms with Crippen molar-refractivity contribution in [3.8, 4) is 5.75 Å². The van der Waals surface area contributed by atoms with E-state index in [1.807, 2.05) is 6.07 Å². The van der Waals surface area contributed by atoms with Crippen molar-refractivity contribution in [2.75, 3.05) is 0 Å². The fourth-order valence-corrected chi connectivity index (χ4v) is 1.50. The fourth-order valence-electron chi connectivity index (χ4n) is 1.50. The Morgan fingerprint density at radius 1 is 1.33 bits per heavy atom. The van der Waals surface area contributed by atoms with E-state index in [0.717, 1.165) is 0 Å². The molecule has 0 spiro atoms. The Kier molecular flexibility index (Phi) is 2.87. The van der Waals surface area contributed by atoms with E-state index in [1.54, 1.807) is 24.3 Å². The molecule has 80 valence electrons. The summed E-state index contributed by atoms with van der Waals surface area (Å²) in [5.74, 6) is 0.523. The van der Waals surface area contributed by atoms with Crippen molar-refractivity contribution in [2.45, 2.75) is 25.0 Å². The lowest BCUT2D eigenvalue weighted by Gasteiger charge is -2.31. The topological polar surface area (TPSA) is 58.6 Å². The highest BCUT2D eigenvalue weighted by molar-refractivity contribution is 5.70. The molecule has 2 N–H and O–H groups in total. The van der Waals surface area contributed by atoms with Crippen molar-refractivity contribution in [1.82, 2.24) is 5.32 Å². The van der Waals surface area contributed by atoms with Gasteiger partial charge in [0.15, 0.2) is 0 Å². The highest BCUT2D eigenvalue weighted by Gasteiger charge is 2.28. The van der Waals surface area contributed by atoms with Crippen LogP contribution >= 0.6 is 0 Å². The average Bonchev–Trinajstić information content (AvgIpc) is 2.17. The van der Waals surface area contributed by atoms with Gasteiger partial charge in [-0.3, -0.25) is 0 Å². The average molecular weight is 207 g/mol. The fraction of sp³-hybridized carbons (Fsp3) is 0.364. The van der Waals surface area contributed by atoms with Crippen LogP contribution in [-0.4, -0.2) is 23.3 Å². The van der Waals surface area contributed by atoms with Crippen LogP contribution in [-0.2, 0) is 0 Å². The summed E-state index contributed by atoms with van der Waals surface area (Å²) in [5, 5.41) is 11.7. The number of para-hydroxylation sites is 1. The summed E-state index contributed by atoms with van der Waals surface area (Å²) in [6.07, 6.45) is 0.499. The third-order valence-electron chi connectivity index (χ3n) is 2.39. The van der Waals surface area contributed by atoms with Gasteiger partial charge in [0.2, 0.25) is 0 Å². The molecule has 1 aliphatic rings. The molecule has 0 aliphatic heterocycles. The van der Waals surface area contributed by atoms with E-state index >= 15 is 0 Å². The van der Waals surface area contributed by atoms with Crippen molar-refractivity contribution < 1.29 is 14.6 Å². The maximum absolute atomic E-state index is 11.3. The highest BCUT2D eigenvalue weighted by Crippen LogP contribution is 2.19. The Bertz CT molecular complexity index is 333. The van der Waals surface area contributed by atoms with Gasteiger partial charge >= 0.3 is 6.09 Å². The minimum Gasteiger partial charge on any atom is -0.410 e. The smallest absolute Gasteiger partial charge is 0.410 e. The van der Waals surface area contributed by atoms with E-state index in [-0.39, 0.29) is 12.1 Å². The number of carbonyl (C=O) groups excluding carboxylic acids is 1. The molecule has 4 heteroatoms. The van der Waals surface area contributed by atoms with E-state index in [2.05, 4.69) is 5.32 Å². The Balaban J connectivity index is 1.78. The van der Waals surface area contributed by atoms with Crippen LogP contribution in [0.25, 0.3) is 0 Å². The minimum absolute atomic E-state index is 0.0520. The largest absolute Gasteiger partial charge is 0.412 e. The molecule has 0 saturated heterocycles. The van der Waals surface area contributed by atoms with Gasteiger partial charge in [0.1, 0.15) is 5.75 Å². The third-order valence-corrected chi connectivity index (χ3v) is 2.39. The Morgan fingerprint density at radius 3 is 2.60 bits per heavy atom. The predicted octanol–water partition coefficient (Wildman–Crippen LogP) is 1.30. The van der Waals surface area contributed by atoms with E-state index in [0.29, 0.717) is 18.6 Å². The standard InChI is InChI=1S/C11H13NO3/c13-9-6-8(7-9)12-11(14)15-10-4-2-1-3-5-10/h1-5,8-9,13H,6-7H2,(H,12,14). The molecule has 1 aliphatic carbocycles.